The van der Waals surface area contributed by atoms with Gasteiger partial charge in [-0.15, -0.1) is 0 Å². The van der Waals surface area contributed by atoms with Crippen LogP contribution in [0, 0.1) is 0 Å². The predicted molar refractivity (Wildman–Crippen MR) is 46.0 cm³/mol. The first-order valence-electron chi connectivity index (χ1n) is 4.22. The number of nitrogens with zero attached hydrogens (tertiary/aromatic N) is 3. The molecule has 0 aliphatic heterocycles. The van der Waals surface area contributed by atoms with Crippen molar-refractivity contribution in [3.05, 3.63) is 12.2 Å². The van der Waals surface area contributed by atoms with Crippen LogP contribution in [-0.2, 0) is 23.0 Å². The van der Waals surface area contributed by atoms with E-state index in [-0.39, 0.29) is 5.97 Å². The van der Waals surface area contributed by atoms with Gasteiger partial charge in [0.05, 0.1) is 13.0 Å². The van der Waals surface area contributed by atoms with Gasteiger partial charge in [-0.05, 0) is 6.92 Å². The Balaban J connectivity index is 2.30. The lowest BCUT2D eigenvalue weighted by atomic mass is 10.3. The Morgan fingerprint density at radius 3 is 3.00 bits per heavy atom. The molecule has 1 aromatic rings. The summed E-state index contributed by atoms with van der Waals surface area (Å²) >= 11 is 0. The van der Waals surface area contributed by atoms with Crippen molar-refractivity contribution in [1.82, 2.24) is 14.8 Å². The van der Waals surface area contributed by atoms with E-state index in [0.717, 1.165) is 0 Å². The number of hydrogen-bond donors (Lipinski definition) is 0. The van der Waals surface area contributed by atoms with Crippen molar-refractivity contribution in [3.8, 4) is 0 Å². The van der Waals surface area contributed by atoms with E-state index in [1.165, 1.54) is 0 Å². The number of hydrogen-bond acceptors (Lipinski definition) is 4. The first-order chi connectivity index (χ1) is 6.22. The molecule has 5 heteroatoms. The fraction of sp³-hybridized carbons (Fsp3) is 0.625. The van der Waals surface area contributed by atoms with Gasteiger partial charge in [0.25, 0.3) is 0 Å². The molecular weight excluding hydrogens is 170 g/mol. The largest absolute Gasteiger partial charge is 0.466 e. The Morgan fingerprint density at radius 1 is 1.69 bits per heavy atom. The Kier molecular flexibility index (Phi) is 3.42. The van der Waals surface area contributed by atoms with Crippen LogP contribution in [0.4, 0.5) is 0 Å². The number of carbonyl (C=O) groups is 1. The molecule has 0 aliphatic rings. The first kappa shape index (κ1) is 9.70. The first-order valence-corrected chi connectivity index (χ1v) is 4.22. The summed E-state index contributed by atoms with van der Waals surface area (Å²) in [6, 6.07) is 0. The van der Waals surface area contributed by atoms with E-state index in [4.69, 9.17) is 4.74 Å². The van der Waals surface area contributed by atoms with Gasteiger partial charge < -0.3 is 4.74 Å². The second-order valence-electron chi connectivity index (χ2n) is 2.64. The highest BCUT2D eigenvalue weighted by atomic mass is 16.5. The Bertz CT molecular complexity index is 283. The third kappa shape index (κ3) is 3.23. The molecule has 0 aliphatic carbocycles. The molecule has 0 spiro atoms. The molecule has 0 aromatic carbocycles. The van der Waals surface area contributed by atoms with Gasteiger partial charge in [-0.25, -0.2) is 4.98 Å². The third-order valence-electron chi connectivity index (χ3n) is 1.51. The lowest BCUT2D eigenvalue weighted by molar-refractivity contribution is -0.143. The zero-order chi connectivity index (χ0) is 9.68. The van der Waals surface area contributed by atoms with Crippen LogP contribution in [0.1, 0.15) is 19.2 Å². The van der Waals surface area contributed by atoms with Crippen molar-refractivity contribution in [2.45, 2.75) is 19.8 Å². The minimum Gasteiger partial charge on any atom is -0.466 e. The van der Waals surface area contributed by atoms with E-state index in [1.807, 2.05) is 0 Å². The van der Waals surface area contributed by atoms with Gasteiger partial charge in [-0.3, -0.25) is 9.48 Å². The molecule has 1 aromatic heterocycles. The standard InChI is InChI=1S/C8H13N3O2/c1-3-13-8(12)5-4-7-9-6-11(2)10-7/h6H,3-5H2,1-2H3. The van der Waals surface area contributed by atoms with E-state index in [1.54, 1.807) is 25.0 Å². The molecule has 0 saturated carbocycles. The number of carbonyl (C=O) groups excluding carboxylic acids is 1. The van der Waals surface area contributed by atoms with Crippen LogP contribution < -0.4 is 0 Å². The smallest absolute Gasteiger partial charge is 0.306 e. The van der Waals surface area contributed by atoms with E-state index in [9.17, 15) is 4.79 Å². The molecule has 0 fully saturated rings. The summed E-state index contributed by atoms with van der Waals surface area (Å²) in [4.78, 5) is 14.9. The quantitative estimate of drug-likeness (QED) is 0.630. The molecule has 0 saturated heterocycles. The van der Waals surface area contributed by atoms with Crippen molar-refractivity contribution in [3.63, 3.8) is 0 Å². The summed E-state index contributed by atoms with van der Waals surface area (Å²) in [5.74, 6) is 0.477. The van der Waals surface area contributed by atoms with Crippen molar-refractivity contribution in [2.24, 2.45) is 7.05 Å². The van der Waals surface area contributed by atoms with Crippen molar-refractivity contribution in [1.29, 1.82) is 0 Å². The highest BCUT2D eigenvalue weighted by Gasteiger charge is 2.04. The maximum Gasteiger partial charge on any atom is 0.306 e. The van der Waals surface area contributed by atoms with E-state index in [2.05, 4.69) is 10.1 Å². The molecule has 0 atom stereocenters. The fourth-order valence-electron chi connectivity index (χ4n) is 0.945. The fourth-order valence-corrected chi connectivity index (χ4v) is 0.945. The SMILES string of the molecule is CCOC(=O)CCc1ncn(C)n1. The molecule has 0 unspecified atom stereocenters. The Hall–Kier alpha value is -1.39. The van der Waals surface area contributed by atoms with Crippen LogP contribution >= 0.6 is 0 Å². The molecule has 72 valence electrons. The normalized spacial score (nSPS) is 10.0. The monoisotopic (exact) mass is 183 g/mol. The summed E-state index contributed by atoms with van der Waals surface area (Å²) < 4.78 is 6.38. The van der Waals surface area contributed by atoms with Gasteiger partial charge in [0, 0.05) is 13.5 Å². The van der Waals surface area contributed by atoms with E-state index in [0.29, 0.717) is 25.3 Å². The molecule has 5 nitrogen and oxygen atoms in total. The van der Waals surface area contributed by atoms with Gasteiger partial charge in [0.1, 0.15) is 6.33 Å². The van der Waals surface area contributed by atoms with Crippen molar-refractivity contribution >= 4 is 5.97 Å². The van der Waals surface area contributed by atoms with Gasteiger partial charge in [-0.1, -0.05) is 0 Å². The van der Waals surface area contributed by atoms with Crippen LogP contribution in [0.15, 0.2) is 6.33 Å². The molecule has 1 rings (SSSR count). The zero-order valence-corrected chi connectivity index (χ0v) is 7.86. The Labute approximate surface area is 76.7 Å². The van der Waals surface area contributed by atoms with Gasteiger partial charge in [-0.2, -0.15) is 5.10 Å². The second kappa shape index (κ2) is 4.59. The summed E-state index contributed by atoms with van der Waals surface area (Å²) in [5, 5.41) is 4.04. The van der Waals surface area contributed by atoms with Crippen LogP contribution in [-0.4, -0.2) is 27.3 Å². The van der Waals surface area contributed by atoms with E-state index >= 15 is 0 Å². The maximum atomic E-state index is 10.9. The summed E-state index contributed by atoms with van der Waals surface area (Å²) in [7, 11) is 1.79. The second-order valence-corrected chi connectivity index (χ2v) is 2.64. The van der Waals surface area contributed by atoms with Gasteiger partial charge in [0.2, 0.25) is 0 Å². The zero-order valence-electron chi connectivity index (χ0n) is 7.86. The van der Waals surface area contributed by atoms with Crippen LogP contribution in [0.5, 0.6) is 0 Å². The average molecular weight is 183 g/mol. The Morgan fingerprint density at radius 2 is 2.46 bits per heavy atom. The minimum atomic E-state index is -0.199. The summed E-state index contributed by atoms with van der Waals surface area (Å²) in [6.07, 6.45) is 2.50. The maximum absolute atomic E-state index is 10.9. The minimum absolute atomic E-state index is 0.199. The van der Waals surface area contributed by atoms with Gasteiger partial charge >= 0.3 is 5.97 Å². The molecule has 0 bridgehead atoms. The molecule has 0 amide bonds. The molecule has 13 heavy (non-hydrogen) atoms. The van der Waals surface area contributed by atoms with Gasteiger partial charge in [0.15, 0.2) is 5.82 Å². The molecule has 0 radical (unpaired) electrons. The van der Waals surface area contributed by atoms with Crippen molar-refractivity contribution < 1.29 is 9.53 Å². The molecular formula is C8H13N3O2. The summed E-state index contributed by atoms with van der Waals surface area (Å²) in [6.45, 7) is 2.21. The summed E-state index contributed by atoms with van der Waals surface area (Å²) in [5.41, 5.74) is 0. The van der Waals surface area contributed by atoms with Crippen LogP contribution in [0.2, 0.25) is 0 Å². The lowest BCUT2D eigenvalue weighted by Crippen LogP contribution is -2.06. The third-order valence-corrected chi connectivity index (χ3v) is 1.51. The van der Waals surface area contributed by atoms with E-state index < -0.39 is 0 Å². The number of ether oxygens (including phenoxy) is 1. The highest BCUT2D eigenvalue weighted by Crippen LogP contribution is 1.96. The lowest BCUT2D eigenvalue weighted by Gasteiger charge is -1.98. The van der Waals surface area contributed by atoms with Crippen LogP contribution in [0.3, 0.4) is 0 Å². The molecule has 1 heterocycles. The average Bonchev–Trinajstić information content (AvgIpc) is 2.49. The number of aromatic nitrogens is 3. The van der Waals surface area contributed by atoms with Crippen molar-refractivity contribution in [2.75, 3.05) is 6.61 Å². The highest BCUT2D eigenvalue weighted by molar-refractivity contribution is 5.69. The molecule has 0 N–H and O–H groups in total. The number of aryl methyl sites for hydroxylation is 2. The number of esters is 1. The number of rotatable bonds is 4. The van der Waals surface area contributed by atoms with Crippen LogP contribution in [0.25, 0.3) is 0 Å². The topological polar surface area (TPSA) is 57.0 Å². The predicted octanol–water partition coefficient (Wildman–Crippen LogP) is 0.311.